The Labute approximate surface area is 163 Å². The van der Waals surface area contributed by atoms with Crippen LogP contribution in [0.15, 0.2) is 40.3 Å². The molecule has 0 fully saturated rings. The number of thiophene rings is 1. The molecule has 0 N–H and O–H groups in total. The number of ether oxygens (including phenoxy) is 3. The molecule has 0 amide bonds. The number of carbonyl (C=O) groups excluding carboxylic acids is 1. The van der Waals surface area contributed by atoms with Gasteiger partial charge in [0.1, 0.15) is 0 Å². The number of nitrogens with zero attached hydrogens (tertiary/aromatic N) is 1. The van der Waals surface area contributed by atoms with E-state index in [1.54, 1.807) is 13.2 Å². The van der Waals surface area contributed by atoms with Crippen molar-refractivity contribution in [2.24, 2.45) is 4.99 Å². The zero-order valence-corrected chi connectivity index (χ0v) is 16.7. The van der Waals surface area contributed by atoms with Crippen LogP contribution in [-0.4, -0.2) is 25.6 Å². The Balaban J connectivity index is 1.93. The van der Waals surface area contributed by atoms with Gasteiger partial charge in [-0.3, -0.25) is 0 Å². The molecule has 0 saturated carbocycles. The monoisotopic (exact) mass is 469 g/mol. The summed E-state index contributed by atoms with van der Waals surface area (Å²) in [6, 6.07) is 7.50. The number of hydrogen-bond acceptors (Lipinski definition) is 6. The second kappa shape index (κ2) is 8.01. The van der Waals surface area contributed by atoms with Crippen molar-refractivity contribution in [2.75, 3.05) is 13.7 Å². The van der Waals surface area contributed by atoms with Gasteiger partial charge in [-0.15, -0.1) is 11.3 Å². The normalized spacial score (nSPS) is 15.2. The van der Waals surface area contributed by atoms with E-state index in [2.05, 4.69) is 27.6 Å². The molecular formula is C18H16INO4S. The largest absolute Gasteiger partial charge is 0.493 e. The van der Waals surface area contributed by atoms with Gasteiger partial charge in [0.15, 0.2) is 17.2 Å². The van der Waals surface area contributed by atoms with Crippen molar-refractivity contribution in [1.82, 2.24) is 0 Å². The number of esters is 1. The topological polar surface area (TPSA) is 57.1 Å². The smallest absolute Gasteiger partial charge is 0.363 e. The molecule has 0 atom stereocenters. The lowest BCUT2D eigenvalue weighted by atomic mass is 10.1. The highest BCUT2D eigenvalue weighted by molar-refractivity contribution is 14.1. The Bertz CT molecular complexity index is 843. The molecule has 0 aliphatic carbocycles. The van der Waals surface area contributed by atoms with Crippen LogP contribution in [-0.2, 0) is 9.53 Å². The van der Waals surface area contributed by atoms with E-state index in [0.717, 1.165) is 20.4 Å². The molecule has 1 aliphatic heterocycles. The first-order valence-electron chi connectivity index (χ1n) is 7.69. The molecule has 1 aromatic heterocycles. The number of halogens is 1. The first-order valence-corrected chi connectivity index (χ1v) is 9.65. The molecule has 2 heterocycles. The van der Waals surface area contributed by atoms with Crippen LogP contribution < -0.4 is 9.47 Å². The van der Waals surface area contributed by atoms with Crippen LogP contribution in [0.25, 0.3) is 6.08 Å². The third-order valence-corrected chi connectivity index (χ3v) is 5.02. The molecule has 0 unspecified atom stereocenters. The van der Waals surface area contributed by atoms with E-state index < -0.39 is 5.97 Å². The minimum atomic E-state index is -0.455. The zero-order chi connectivity index (χ0) is 17.8. The van der Waals surface area contributed by atoms with E-state index in [9.17, 15) is 4.79 Å². The number of hydrogen-bond donors (Lipinski definition) is 0. The quantitative estimate of drug-likeness (QED) is 0.356. The van der Waals surface area contributed by atoms with Crippen LogP contribution in [0.3, 0.4) is 0 Å². The molecule has 0 saturated heterocycles. The van der Waals surface area contributed by atoms with Crippen molar-refractivity contribution in [3.63, 3.8) is 0 Å². The van der Waals surface area contributed by atoms with Gasteiger partial charge in [-0.2, -0.15) is 0 Å². The first kappa shape index (κ1) is 17.9. The molecule has 130 valence electrons. The van der Waals surface area contributed by atoms with E-state index in [0.29, 0.717) is 24.0 Å². The Morgan fingerprint density at radius 3 is 2.92 bits per heavy atom. The highest BCUT2D eigenvalue weighted by atomic mass is 127. The predicted molar refractivity (Wildman–Crippen MR) is 106 cm³/mol. The lowest BCUT2D eigenvalue weighted by molar-refractivity contribution is -0.129. The molecule has 25 heavy (non-hydrogen) atoms. The third kappa shape index (κ3) is 4.04. The average molecular weight is 469 g/mol. The fourth-order valence-corrected chi connectivity index (χ4v) is 3.67. The van der Waals surface area contributed by atoms with Crippen molar-refractivity contribution < 1.29 is 19.0 Å². The van der Waals surface area contributed by atoms with Gasteiger partial charge in [0.2, 0.25) is 5.90 Å². The molecular weight excluding hydrogens is 453 g/mol. The van der Waals surface area contributed by atoms with Crippen molar-refractivity contribution in [3.8, 4) is 11.5 Å². The lowest BCUT2D eigenvalue weighted by Crippen LogP contribution is -2.03. The summed E-state index contributed by atoms with van der Waals surface area (Å²) < 4.78 is 17.3. The van der Waals surface area contributed by atoms with Crippen LogP contribution >= 0.6 is 33.9 Å². The maximum absolute atomic E-state index is 12.1. The second-order valence-corrected chi connectivity index (χ2v) is 7.31. The molecule has 1 aromatic carbocycles. The van der Waals surface area contributed by atoms with Crippen molar-refractivity contribution >= 4 is 51.9 Å². The summed E-state index contributed by atoms with van der Waals surface area (Å²) in [5.74, 6) is 1.23. The van der Waals surface area contributed by atoms with E-state index >= 15 is 0 Å². The van der Waals surface area contributed by atoms with Crippen molar-refractivity contribution in [1.29, 1.82) is 0 Å². The number of aliphatic imine (C=N–C) groups is 1. The van der Waals surface area contributed by atoms with Crippen molar-refractivity contribution in [3.05, 3.63) is 49.4 Å². The molecule has 3 rings (SSSR count). The summed E-state index contributed by atoms with van der Waals surface area (Å²) in [6.45, 7) is 2.67. The molecule has 0 spiro atoms. The fourth-order valence-electron chi connectivity index (χ4n) is 2.24. The first-order chi connectivity index (χ1) is 12.1. The number of cyclic esters (lactones) is 1. The fraction of sp³-hybridized carbons (Fsp3) is 0.222. The van der Waals surface area contributed by atoms with Crippen LogP contribution in [0.5, 0.6) is 11.5 Å². The van der Waals surface area contributed by atoms with E-state index in [1.807, 2.05) is 36.6 Å². The Morgan fingerprint density at radius 2 is 2.24 bits per heavy atom. The van der Waals surface area contributed by atoms with Gasteiger partial charge in [-0.05, 0) is 64.2 Å². The molecule has 7 heteroatoms. The summed E-state index contributed by atoms with van der Waals surface area (Å²) in [7, 11) is 1.60. The van der Waals surface area contributed by atoms with E-state index in [1.165, 1.54) is 11.3 Å². The second-order valence-electron chi connectivity index (χ2n) is 5.20. The summed E-state index contributed by atoms with van der Waals surface area (Å²) >= 11 is 3.67. The summed E-state index contributed by atoms with van der Waals surface area (Å²) in [5, 5.41) is 1.91. The van der Waals surface area contributed by atoms with Gasteiger partial charge in [-0.25, -0.2) is 9.79 Å². The highest BCUT2D eigenvalue weighted by Crippen LogP contribution is 2.35. The Hall–Kier alpha value is -1.87. The molecule has 0 radical (unpaired) electrons. The average Bonchev–Trinajstić information content (AvgIpc) is 3.24. The number of carbonyl (C=O) groups is 1. The Morgan fingerprint density at radius 1 is 1.40 bits per heavy atom. The van der Waals surface area contributed by atoms with Crippen LogP contribution in [0.4, 0.5) is 0 Å². The number of rotatable bonds is 6. The summed E-state index contributed by atoms with van der Waals surface area (Å²) in [4.78, 5) is 17.2. The number of benzene rings is 1. The van der Waals surface area contributed by atoms with Gasteiger partial charge in [-0.1, -0.05) is 13.0 Å². The van der Waals surface area contributed by atoms with Crippen LogP contribution in [0.1, 0.15) is 23.8 Å². The minimum Gasteiger partial charge on any atom is -0.493 e. The van der Waals surface area contributed by atoms with Crippen LogP contribution in [0, 0.1) is 3.57 Å². The van der Waals surface area contributed by atoms with E-state index in [-0.39, 0.29) is 5.70 Å². The van der Waals surface area contributed by atoms with Gasteiger partial charge < -0.3 is 14.2 Å². The lowest BCUT2D eigenvalue weighted by Gasteiger charge is -2.13. The zero-order valence-electron chi connectivity index (χ0n) is 13.7. The minimum absolute atomic E-state index is 0.267. The van der Waals surface area contributed by atoms with Gasteiger partial charge in [0.05, 0.1) is 22.2 Å². The standard InChI is InChI=1S/C18H16INO4S/c1-3-6-23-16-12(19)8-11(10-14(16)22-2)9-13-18(21)24-17(20-13)15-5-4-7-25-15/h4-5,7-10H,3,6H2,1-2H3. The third-order valence-electron chi connectivity index (χ3n) is 3.36. The maximum atomic E-state index is 12.1. The molecule has 1 aliphatic rings. The van der Waals surface area contributed by atoms with Crippen LogP contribution in [0.2, 0.25) is 0 Å². The molecule has 0 bridgehead atoms. The highest BCUT2D eigenvalue weighted by Gasteiger charge is 2.25. The summed E-state index contributed by atoms with van der Waals surface area (Å²) in [6.07, 6.45) is 2.61. The predicted octanol–water partition coefficient (Wildman–Crippen LogP) is 4.49. The SMILES string of the molecule is CCCOc1c(I)cc(C=C2N=C(c3cccs3)OC2=O)cc1OC. The van der Waals surface area contributed by atoms with Gasteiger partial charge >= 0.3 is 5.97 Å². The van der Waals surface area contributed by atoms with Gasteiger partial charge in [0.25, 0.3) is 0 Å². The molecule has 2 aromatic rings. The Kier molecular flexibility index (Phi) is 5.74. The molecule has 5 nitrogen and oxygen atoms in total. The number of methoxy groups -OCH3 is 1. The van der Waals surface area contributed by atoms with Crippen molar-refractivity contribution in [2.45, 2.75) is 13.3 Å². The van der Waals surface area contributed by atoms with E-state index in [4.69, 9.17) is 14.2 Å². The summed E-state index contributed by atoms with van der Waals surface area (Å²) in [5.41, 5.74) is 1.07. The maximum Gasteiger partial charge on any atom is 0.363 e. The van der Waals surface area contributed by atoms with Gasteiger partial charge in [0, 0.05) is 0 Å².